The first-order chi connectivity index (χ1) is 11.1. The molecular formula is C18H24FNO3. The van der Waals surface area contributed by atoms with Crippen molar-refractivity contribution in [3.8, 4) is 0 Å². The van der Waals surface area contributed by atoms with E-state index in [9.17, 15) is 9.18 Å². The molecule has 0 spiro atoms. The lowest BCUT2D eigenvalue weighted by molar-refractivity contribution is -0.145. The van der Waals surface area contributed by atoms with Crippen molar-refractivity contribution in [1.82, 2.24) is 4.90 Å². The topological polar surface area (TPSA) is 38.8 Å². The highest BCUT2D eigenvalue weighted by atomic mass is 19.1. The maximum Gasteiger partial charge on any atom is 0.251 e. The fourth-order valence-corrected chi connectivity index (χ4v) is 3.23. The molecule has 2 atom stereocenters. The van der Waals surface area contributed by atoms with E-state index in [4.69, 9.17) is 9.47 Å². The Labute approximate surface area is 136 Å². The number of ether oxygens (including phenoxy) is 2. The lowest BCUT2D eigenvalue weighted by Gasteiger charge is -2.33. The number of carbonyl (C=O) groups excluding carboxylic acids is 1. The van der Waals surface area contributed by atoms with Crippen LogP contribution in [0.4, 0.5) is 4.39 Å². The molecule has 2 fully saturated rings. The Morgan fingerprint density at radius 2 is 1.91 bits per heavy atom. The minimum atomic E-state index is -0.248. The van der Waals surface area contributed by atoms with E-state index in [1.54, 1.807) is 12.1 Å². The Balaban J connectivity index is 1.41. The Bertz CT molecular complexity index is 526. The van der Waals surface area contributed by atoms with Gasteiger partial charge in [0.05, 0.1) is 18.8 Å². The maximum absolute atomic E-state index is 12.9. The predicted molar refractivity (Wildman–Crippen MR) is 84.4 cm³/mol. The van der Waals surface area contributed by atoms with Crippen molar-refractivity contribution in [2.45, 2.75) is 57.5 Å². The van der Waals surface area contributed by atoms with Crippen LogP contribution >= 0.6 is 0 Å². The summed E-state index contributed by atoms with van der Waals surface area (Å²) in [5.74, 6) is -0.102. The Hall–Kier alpha value is -1.46. The number of benzene rings is 1. The Morgan fingerprint density at radius 1 is 1.22 bits per heavy atom. The molecule has 0 radical (unpaired) electrons. The van der Waals surface area contributed by atoms with Gasteiger partial charge in [-0.25, -0.2) is 4.39 Å². The zero-order valence-electron chi connectivity index (χ0n) is 13.5. The molecule has 3 rings (SSSR count). The summed E-state index contributed by atoms with van der Waals surface area (Å²) in [5.41, 5.74) is 0.971. The summed E-state index contributed by atoms with van der Waals surface area (Å²) in [7, 11) is 0. The Morgan fingerprint density at radius 3 is 2.52 bits per heavy atom. The highest BCUT2D eigenvalue weighted by Crippen LogP contribution is 2.23. The van der Waals surface area contributed by atoms with Gasteiger partial charge in [-0.2, -0.15) is 0 Å². The van der Waals surface area contributed by atoms with E-state index in [0.717, 1.165) is 44.3 Å². The van der Waals surface area contributed by atoms with Crippen LogP contribution in [0.5, 0.6) is 0 Å². The van der Waals surface area contributed by atoms with Gasteiger partial charge in [-0.3, -0.25) is 4.79 Å². The second-order valence-electron chi connectivity index (χ2n) is 6.47. The highest BCUT2D eigenvalue weighted by Gasteiger charge is 2.33. The summed E-state index contributed by atoms with van der Waals surface area (Å²) >= 11 is 0. The zero-order valence-corrected chi connectivity index (χ0v) is 13.5. The van der Waals surface area contributed by atoms with Crippen LogP contribution < -0.4 is 0 Å². The van der Waals surface area contributed by atoms with Crippen LogP contribution in [0.15, 0.2) is 24.3 Å². The molecule has 0 saturated carbocycles. The van der Waals surface area contributed by atoms with E-state index in [0.29, 0.717) is 6.61 Å². The average Bonchev–Trinajstić information content (AvgIpc) is 3.01. The maximum atomic E-state index is 12.9. The first-order valence-corrected chi connectivity index (χ1v) is 8.42. The normalized spacial score (nSPS) is 25.7. The van der Waals surface area contributed by atoms with Crippen molar-refractivity contribution in [1.29, 1.82) is 0 Å². The fourth-order valence-electron chi connectivity index (χ4n) is 3.23. The van der Waals surface area contributed by atoms with Gasteiger partial charge in [0.1, 0.15) is 11.9 Å². The number of halogens is 1. The number of piperidine rings is 1. The molecular weight excluding hydrogens is 297 g/mol. The van der Waals surface area contributed by atoms with E-state index in [-0.39, 0.29) is 30.0 Å². The van der Waals surface area contributed by atoms with Crippen LogP contribution in [-0.2, 0) is 20.9 Å². The first-order valence-electron chi connectivity index (χ1n) is 8.42. The molecule has 2 aliphatic heterocycles. The van der Waals surface area contributed by atoms with Gasteiger partial charge in [-0.05, 0) is 50.3 Å². The van der Waals surface area contributed by atoms with Gasteiger partial charge < -0.3 is 14.4 Å². The summed E-state index contributed by atoms with van der Waals surface area (Å²) in [5, 5.41) is 0. The van der Waals surface area contributed by atoms with Crippen LogP contribution in [0.25, 0.3) is 0 Å². The molecule has 0 N–H and O–H groups in total. The minimum absolute atomic E-state index is 0.131. The second kappa shape index (κ2) is 7.41. The van der Waals surface area contributed by atoms with E-state index in [2.05, 4.69) is 0 Å². The number of rotatable bonds is 4. The van der Waals surface area contributed by atoms with E-state index < -0.39 is 0 Å². The molecule has 1 amide bonds. The van der Waals surface area contributed by atoms with Crippen molar-refractivity contribution in [3.05, 3.63) is 35.6 Å². The van der Waals surface area contributed by atoms with Crippen molar-refractivity contribution in [2.75, 3.05) is 13.1 Å². The lowest BCUT2D eigenvalue weighted by Crippen LogP contribution is -2.45. The molecule has 23 heavy (non-hydrogen) atoms. The van der Waals surface area contributed by atoms with Crippen LogP contribution in [-0.4, -0.2) is 42.2 Å². The smallest absolute Gasteiger partial charge is 0.251 e. The summed E-state index contributed by atoms with van der Waals surface area (Å²) < 4.78 is 24.4. The number of likely N-dealkylation sites (tertiary alicyclic amines) is 1. The van der Waals surface area contributed by atoms with Gasteiger partial charge in [0.2, 0.25) is 0 Å². The number of hydrogen-bond acceptors (Lipinski definition) is 3. The number of amides is 1. The molecule has 0 bridgehead atoms. The van der Waals surface area contributed by atoms with Gasteiger partial charge in [0.15, 0.2) is 0 Å². The molecule has 2 aliphatic rings. The number of hydrogen-bond donors (Lipinski definition) is 0. The molecule has 2 heterocycles. The highest BCUT2D eigenvalue weighted by molar-refractivity contribution is 5.81. The van der Waals surface area contributed by atoms with Gasteiger partial charge in [0, 0.05) is 13.1 Å². The van der Waals surface area contributed by atoms with Gasteiger partial charge in [-0.1, -0.05) is 12.1 Å². The average molecular weight is 321 g/mol. The van der Waals surface area contributed by atoms with Gasteiger partial charge in [0.25, 0.3) is 5.91 Å². The summed E-state index contributed by atoms with van der Waals surface area (Å²) in [6.07, 6.45) is 3.59. The van der Waals surface area contributed by atoms with Crippen molar-refractivity contribution in [3.63, 3.8) is 0 Å². The SMILES string of the molecule is C[C@H]1CC[C@H](C(=O)N2CCC(OCc3ccc(F)cc3)CC2)O1. The molecule has 0 unspecified atom stereocenters. The zero-order chi connectivity index (χ0) is 16.2. The van der Waals surface area contributed by atoms with Crippen molar-refractivity contribution >= 4 is 5.91 Å². The van der Waals surface area contributed by atoms with Gasteiger partial charge in [-0.15, -0.1) is 0 Å². The van der Waals surface area contributed by atoms with Crippen molar-refractivity contribution in [2.24, 2.45) is 0 Å². The van der Waals surface area contributed by atoms with E-state index in [1.807, 2.05) is 11.8 Å². The summed E-state index contributed by atoms with van der Waals surface area (Å²) in [6.45, 7) is 3.95. The second-order valence-corrected chi connectivity index (χ2v) is 6.47. The standard InChI is InChI=1S/C18H24FNO3/c1-13-2-7-17(23-13)18(21)20-10-8-16(9-11-20)22-12-14-3-5-15(19)6-4-14/h3-6,13,16-17H,2,7-12H2,1H3/t13-,17+/m0/s1. The molecule has 4 nitrogen and oxygen atoms in total. The molecule has 1 aromatic rings. The molecule has 5 heteroatoms. The molecule has 2 saturated heterocycles. The van der Waals surface area contributed by atoms with E-state index in [1.165, 1.54) is 12.1 Å². The monoisotopic (exact) mass is 321 g/mol. The molecule has 1 aromatic carbocycles. The third-order valence-corrected chi connectivity index (χ3v) is 4.66. The van der Waals surface area contributed by atoms with Crippen LogP contribution in [0.3, 0.4) is 0 Å². The molecule has 0 aliphatic carbocycles. The summed E-state index contributed by atoms with van der Waals surface area (Å²) in [6, 6.07) is 6.38. The first kappa shape index (κ1) is 16.4. The largest absolute Gasteiger partial charge is 0.373 e. The number of nitrogens with zero attached hydrogens (tertiary/aromatic N) is 1. The number of carbonyl (C=O) groups is 1. The lowest BCUT2D eigenvalue weighted by atomic mass is 10.1. The Kier molecular flexibility index (Phi) is 5.28. The van der Waals surface area contributed by atoms with Crippen molar-refractivity contribution < 1.29 is 18.7 Å². The predicted octanol–water partition coefficient (Wildman–Crippen LogP) is 2.90. The van der Waals surface area contributed by atoms with Crippen LogP contribution in [0.1, 0.15) is 38.2 Å². The minimum Gasteiger partial charge on any atom is -0.373 e. The van der Waals surface area contributed by atoms with Crippen LogP contribution in [0, 0.1) is 5.82 Å². The molecule has 0 aromatic heterocycles. The molecule has 126 valence electrons. The fraction of sp³-hybridized carbons (Fsp3) is 0.611. The summed E-state index contributed by atoms with van der Waals surface area (Å²) in [4.78, 5) is 14.3. The van der Waals surface area contributed by atoms with Crippen LogP contribution in [0.2, 0.25) is 0 Å². The third kappa shape index (κ3) is 4.30. The van der Waals surface area contributed by atoms with Gasteiger partial charge >= 0.3 is 0 Å². The van der Waals surface area contributed by atoms with E-state index >= 15 is 0 Å². The quantitative estimate of drug-likeness (QED) is 0.856. The third-order valence-electron chi connectivity index (χ3n) is 4.66.